The van der Waals surface area contributed by atoms with E-state index in [1.807, 2.05) is 6.92 Å². The quantitative estimate of drug-likeness (QED) is 0.856. The highest BCUT2D eigenvalue weighted by Crippen LogP contribution is 2.23. The molecule has 23 heavy (non-hydrogen) atoms. The van der Waals surface area contributed by atoms with Crippen LogP contribution in [0.2, 0.25) is 0 Å². The number of anilines is 1. The van der Waals surface area contributed by atoms with Crippen molar-refractivity contribution in [2.45, 2.75) is 31.1 Å². The lowest BCUT2D eigenvalue weighted by Gasteiger charge is -2.26. The molecular weight excluding hydrogens is 323 g/mol. The summed E-state index contributed by atoms with van der Waals surface area (Å²) in [5, 5.41) is 2.44. The number of nitrogens with zero attached hydrogens (tertiary/aromatic N) is 1. The molecule has 0 aromatic heterocycles. The number of sulfonamides is 1. The Morgan fingerprint density at radius 1 is 1.35 bits per heavy atom. The molecule has 1 N–H and O–H groups in total. The van der Waals surface area contributed by atoms with Gasteiger partial charge in [-0.25, -0.2) is 12.8 Å². The maximum atomic E-state index is 13.8. The number of unbranched alkanes of at least 4 members (excludes halogenated alkanes) is 1. The molecule has 0 spiro atoms. The Balaban J connectivity index is 2.20. The van der Waals surface area contributed by atoms with Gasteiger partial charge in [-0.15, -0.1) is 0 Å². The highest BCUT2D eigenvalue weighted by Gasteiger charge is 2.27. The van der Waals surface area contributed by atoms with Gasteiger partial charge in [0.1, 0.15) is 5.82 Å². The van der Waals surface area contributed by atoms with Crippen molar-refractivity contribution in [2.75, 3.05) is 31.6 Å². The van der Waals surface area contributed by atoms with Crippen LogP contribution in [-0.4, -0.2) is 44.9 Å². The van der Waals surface area contributed by atoms with E-state index < -0.39 is 15.8 Å². The van der Waals surface area contributed by atoms with Gasteiger partial charge in [0.15, 0.2) is 0 Å². The average Bonchev–Trinajstić information content (AvgIpc) is 2.55. The molecule has 1 saturated heterocycles. The number of hydrogen-bond donors (Lipinski definition) is 1. The fourth-order valence-corrected chi connectivity index (χ4v) is 3.68. The molecular formula is C15H21FN2O4S. The second-order valence-electron chi connectivity index (χ2n) is 5.31. The summed E-state index contributed by atoms with van der Waals surface area (Å²) in [6.45, 7) is 3.14. The van der Waals surface area contributed by atoms with Gasteiger partial charge in [0.05, 0.1) is 23.8 Å². The Kier molecular flexibility index (Phi) is 6.09. The minimum absolute atomic E-state index is 0.0356. The van der Waals surface area contributed by atoms with E-state index in [2.05, 4.69) is 5.32 Å². The third kappa shape index (κ3) is 4.49. The maximum Gasteiger partial charge on any atom is 0.243 e. The Morgan fingerprint density at radius 2 is 2.04 bits per heavy atom. The Hall–Kier alpha value is -1.51. The van der Waals surface area contributed by atoms with Crippen molar-refractivity contribution in [3.8, 4) is 0 Å². The van der Waals surface area contributed by atoms with Gasteiger partial charge < -0.3 is 10.1 Å². The number of morpholine rings is 1. The molecule has 0 bridgehead atoms. The summed E-state index contributed by atoms with van der Waals surface area (Å²) in [5.74, 6) is -0.984. The first-order chi connectivity index (χ1) is 10.9. The predicted molar refractivity (Wildman–Crippen MR) is 84.1 cm³/mol. The lowest BCUT2D eigenvalue weighted by molar-refractivity contribution is -0.116. The molecule has 1 fully saturated rings. The summed E-state index contributed by atoms with van der Waals surface area (Å²) in [6.07, 6.45) is 1.82. The molecule has 6 nitrogen and oxygen atoms in total. The number of nitrogens with one attached hydrogen (secondary N) is 1. The van der Waals surface area contributed by atoms with Gasteiger partial charge in [0.2, 0.25) is 15.9 Å². The van der Waals surface area contributed by atoms with Gasteiger partial charge in [0, 0.05) is 19.5 Å². The van der Waals surface area contributed by atoms with Crippen LogP contribution in [0.25, 0.3) is 0 Å². The first kappa shape index (κ1) is 17.8. The summed E-state index contributed by atoms with van der Waals surface area (Å²) < 4.78 is 45.4. The Labute approximate surface area is 135 Å². The van der Waals surface area contributed by atoms with E-state index in [-0.39, 0.29) is 36.0 Å². The molecule has 0 atom stereocenters. The van der Waals surface area contributed by atoms with Crippen molar-refractivity contribution in [1.29, 1.82) is 0 Å². The summed E-state index contributed by atoms with van der Waals surface area (Å²) in [7, 11) is -3.72. The van der Waals surface area contributed by atoms with Crippen molar-refractivity contribution < 1.29 is 22.3 Å². The molecule has 1 aromatic carbocycles. The van der Waals surface area contributed by atoms with Gasteiger partial charge in [-0.1, -0.05) is 13.3 Å². The third-order valence-electron chi connectivity index (χ3n) is 3.58. The number of carbonyl (C=O) groups excluding carboxylic acids is 1. The molecule has 0 saturated carbocycles. The molecule has 1 amide bonds. The SMILES string of the molecule is CCCCC(=O)Nc1cc(S(=O)(=O)N2CCOCC2)ccc1F. The lowest BCUT2D eigenvalue weighted by Crippen LogP contribution is -2.40. The first-order valence-corrected chi connectivity index (χ1v) is 9.06. The lowest BCUT2D eigenvalue weighted by atomic mass is 10.2. The molecule has 1 aromatic rings. The zero-order valence-corrected chi connectivity index (χ0v) is 13.9. The second kappa shape index (κ2) is 7.85. The van der Waals surface area contributed by atoms with Crippen LogP contribution in [0.4, 0.5) is 10.1 Å². The summed E-state index contributed by atoms with van der Waals surface area (Å²) in [5.41, 5.74) is -0.111. The van der Waals surface area contributed by atoms with Crippen molar-refractivity contribution >= 4 is 21.6 Å². The Morgan fingerprint density at radius 3 is 2.70 bits per heavy atom. The van der Waals surface area contributed by atoms with E-state index in [9.17, 15) is 17.6 Å². The van der Waals surface area contributed by atoms with Crippen LogP contribution in [-0.2, 0) is 19.6 Å². The number of carbonyl (C=O) groups is 1. The normalized spacial score (nSPS) is 16.3. The second-order valence-corrected chi connectivity index (χ2v) is 7.25. The van der Waals surface area contributed by atoms with Crippen molar-refractivity contribution in [1.82, 2.24) is 4.31 Å². The number of benzene rings is 1. The van der Waals surface area contributed by atoms with E-state index in [1.54, 1.807) is 0 Å². The highest BCUT2D eigenvalue weighted by molar-refractivity contribution is 7.89. The molecule has 0 unspecified atom stereocenters. The Bertz CT molecular complexity index is 657. The largest absolute Gasteiger partial charge is 0.379 e. The number of ether oxygens (including phenoxy) is 1. The summed E-state index contributed by atoms with van der Waals surface area (Å²) >= 11 is 0. The van der Waals surface area contributed by atoms with Crippen LogP contribution in [0, 0.1) is 5.82 Å². The number of halogens is 1. The maximum absolute atomic E-state index is 13.8. The van der Waals surface area contributed by atoms with Crippen LogP contribution in [0.5, 0.6) is 0 Å². The monoisotopic (exact) mass is 344 g/mol. The molecule has 1 aliphatic rings. The third-order valence-corrected chi connectivity index (χ3v) is 5.47. The van der Waals surface area contributed by atoms with E-state index in [0.29, 0.717) is 19.6 Å². The van der Waals surface area contributed by atoms with Crippen LogP contribution >= 0.6 is 0 Å². The topological polar surface area (TPSA) is 75.7 Å². The summed E-state index contributed by atoms with van der Waals surface area (Å²) in [4.78, 5) is 11.7. The number of rotatable bonds is 6. The van der Waals surface area contributed by atoms with E-state index in [0.717, 1.165) is 12.5 Å². The molecule has 1 aliphatic heterocycles. The zero-order chi connectivity index (χ0) is 16.9. The van der Waals surface area contributed by atoms with Crippen molar-refractivity contribution in [3.63, 3.8) is 0 Å². The average molecular weight is 344 g/mol. The van der Waals surface area contributed by atoms with Crippen molar-refractivity contribution in [2.24, 2.45) is 0 Å². The number of amides is 1. The van der Waals surface area contributed by atoms with Crippen molar-refractivity contribution in [3.05, 3.63) is 24.0 Å². The van der Waals surface area contributed by atoms with Crippen LogP contribution in [0.3, 0.4) is 0 Å². The standard InChI is InChI=1S/C15H21FN2O4S/c1-2-3-4-15(19)17-14-11-12(5-6-13(14)16)23(20,21)18-7-9-22-10-8-18/h5-6,11H,2-4,7-10H2,1H3,(H,17,19). The van der Waals surface area contributed by atoms with E-state index >= 15 is 0 Å². The van der Waals surface area contributed by atoms with Gasteiger partial charge in [-0.05, 0) is 24.6 Å². The van der Waals surface area contributed by atoms with Crippen LogP contribution in [0.1, 0.15) is 26.2 Å². The van der Waals surface area contributed by atoms with Crippen LogP contribution < -0.4 is 5.32 Å². The minimum Gasteiger partial charge on any atom is -0.379 e. The molecule has 128 valence electrons. The molecule has 1 heterocycles. The van der Waals surface area contributed by atoms with Gasteiger partial charge >= 0.3 is 0 Å². The molecule has 2 rings (SSSR count). The summed E-state index contributed by atoms with van der Waals surface area (Å²) in [6, 6.07) is 3.44. The predicted octanol–water partition coefficient (Wildman–Crippen LogP) is 1.98. The van der Waals surface area contributed by atoms with E-state index in [1.165, 1.54) is 16.4 Å². The molecule has 0 aliphatic carbocycles. The number of hydrogen-bond acceptors (Lipinski definition) is 4. The first-order valence-electron chi connectivity index (χ1n) is 7.62. The highest BCUT2D eigenvalue weighted by atomic mass is 32.2. The molecule has 8 heteroatoms. The van der Waals surface area contributed by atoms with Gasteiger partial charge in [-0.3, -0.25) is 4.79 Å². The molecule has 0 radical (unpaired) electrons. The zero-order valence-electron chi connectivity index (χ0n) is 13.0. The fourth-order valence-electron chi connectivity index (χ4n) is 2.25. The van der Waals surface area contributed by atoms with Gasteiger partial charge in [-0.2, -0.15) is 4.31 Å². The fraction of sp³-hybridized carbons (Fsp3) is 0.533. The minimum atomic E-state index is -3.72. The smallest absolute Gasteiger partial charge is 0.243 e. The van der Waals surface area contributed by atoms with Crippen LogP contribution in [0.15, 0.2) is 23.1 Å². The van der Waals surface area contributed by atoms with Gasteiger partial charge in [0.25, 0.3) is 0 Å². The van der Waals surface area contributed by atoms with E-state index in [4.69, 9.17) is 4.74 Å².